The molecule has 0 unspecified atom stereocenters. The zero-order valence-corrected chi connectivity index (χ0v) is 5.88. The third kappa shape index (κ3) is 1.76. The number of hydrogen-bond acceptors (Lipinski definition) is 1. The molecular weight excluding hydrogens is 124 g/mol. The van der Waals surface area contributed by atoms with Crippen LogP contribution in [0.5, 0.6) is 5.75 Å². The van der Waals surface area contributed by atoms with Crippen LogP contribution < -0.4 is 0 Å². The Labute approximate surface area is 61.3 Å². The zero-order chi connectivity index (χ0) is 7.40. The Morgan fingerprint density at radius 3 is 2.30 bits per heavy atom. The minimum absolute atomic E-state index is 0.327. The molecule has 10 heavy (non-hydrogen) atoms. The van der Waals surface area contributed by atoms with E-state index in [0.717, 1.165) is 12.8 Å². The van der Waals surface area contributed by atoms with Gasteiger partial charge in [0.2, 0.25) is 0 Å². The maximum atomic E-state index is 8.91. The molecule has 0 aliphatic carbocycles. The molecule has 1 rings (SSSR count). The molecule has 0 fully saturated rings. The van der Waals surface area contributed by atoms with E-state index in [-0.39, 0.29) is 0 Å². The van der Waals surface area contributed by atoms with Gasteiger partial charge in [0.1, 0.15) is 5.75 Å². The fraction of sp³-hybridized carbons (Fsp3) is 0.222. The van der Waals surface area contributed by atoms with Crippen molar-refractivity contribution in [3.8, 4) is 5.75 Å². The molecule has 1 heteroatoms. The van der Waals surface area contributed by atoms with Crippen molar-refractivity contribution < 1.29 is 5.11 Å². The van der Waals surface area contributed by atoms with Gasteiger partial charge in [0.15, 0.2) is 0 Å². The monoisotopic (exact) mass is 135 g/mol. The summed E-state index contributed by atoms with van der Waals surface area (Å²) in [5.41, 5.74) is 1.23. The summed E-state index contributed by atoms with van der Waals surface area (Å²) in [6.45, 7) is 3.74. The summed E-state index contributed by atoms with van der Waals surface area (Å²) in [5, 5.41) is 8.91. The fourth-order valence-corrected chi connectivity index (χ4v) is 0.867. The lowest BCUT2D eigenvalue weighted by atomic mass is 10.1. The van der Waals surface area contributed by atoms with Crippen molar-refractivity contribution in [3.05, 3.63) is 36.8 Å². The second-order valence-electron chi connectivity index (χ2n) is 2.27. The first-order chi connectivity index (χ1) is 4.83. The van der Waals surface area contributed by atoms with Crippen molar-refractivity contribution in [3.63, 3.8) is 0 Å². The number of benzene rings is 1. The van der Waals surface area contributed by atoms with Crippen molar-refractivity contribution in [2.24, 2.45) is 0 Å². The lowest BCUT2D eigenvalue weighted by molar-refractivity contribution is 0.475. The molecule has 0 atom stereocenters. The lowest BCUT2D eigenvalue weighted by Gasteiger charge is -1.96. The van der Waals surface area contributed by atoms with Gasteiger partial charge in [0, 0.05) is 0 Å². The highest BCUT2D eigenvalue weighted by molar-refractivity contribution is 5.25. The quantitative estimate of drug-likeness (QED) is 0.658. The number of rotatable bonds is 2. The molecule has 0 amide bonds. The normalized spacial score (nSPS) is 9.70. The van der Waals surface area contributed by atoms with Crippen LogP contribution in [0.3, 0.4) is 0 Å². The Bertz CT molecular complexity index is 188. The third-order valence-electron chi connectivity index (χ3n) is 1.40. The average molecular weight is 135 g/mol. The van der Waals surface area contributed by atoms with Gasteiger partial charge in [-0.05, 0) is 30.5 Å². The summed E-state index contributed by atoms with van der Waals surface area (Å²) in [6.07, 6.45) is 1.89. The first-order valence-electron chi connectivity index (χ1n) is 3.40. The van der Waals surface area contributed by atoms with Gasteiger partial charge in [-0.3, -0.25) is 0 Å². The molecule has 1 radical (unpaired) electrons. The van der Waals surface area contributed by atoms with Crippen LogP contribution in [-0.4, -0.2) is 5.11 Å². The molecule has 1 aromatic rings. The number of hydrogen-bond donors (Lipinski definition) is 1. The second-order valence-corrected chi connectivity index (χ2v) is 2.27. The smallest absolute Gasteiger partial charge is 0.115 e. The van der Waals surface area contributed by atoms with E-state index in [1.807, 2.05) is 12.1 Å². The highest BCUT2D eigenvalue weighted by Crippen LogP contribution is 2.10. The fourth-order valence-electron chi connectivity index (χ4n) is 0.867. The van der Waals surface area contributed by atoms with Crippen LogP contribution in [0.4, 0.5) is 0 Å². The van der Waals surface area contributed by atoms with Crippen LogP contribution in [0, 0.1) is 6.92 Å². The van der Waals surface area contributed by atoms with Gasteiger partial charge in [-0.25, -0.2) is 0 Å². The lowest BCUT2D eigenvalue weighted by Crippen LogP contribution is -1.80. The van der Waals surface area contributed by atoms with Crippen LogP contribution in [0.2, 0.25) is 0 Å². The Hall–Kier alpha value is -0.980. The van der Waals surface area contributed by atoms with Gasteiger partial charge in [-0.1, -0.05) is 19.1 Å². The second kappa shape index (κ2) is 3.25. The molecule has 0 heterocycles. The van der Waals surface area contributed by atoms with Gasteiger partial charge in [-0.2, -0.15) is 0 Å². The van der Waals surface area contributed by atoms with E-state index in [0.29, 0.717) is 5.75 Å². The topological polar surface area (TPSA) is 20.2 Å². The minimum atomic E-state index is 0.327. The number of phenols is 1. The Balaban J connectivity index is 2.69. The summed E-state index contributed by atoms with van der Waals surface area (Å²) in [5.74, 6) is 0.327. The summed E-state index contributed by atoms with van der Waals surface area (Å²) in [4.78, 5) is 0. The molecule has 1 N–H and O–H groups in total. The third-order valence-corrected chi connectivity index (χ3v) is 1.40. The molecule has 0 saturated heterocycles. The standard InChI is InChI=1S/C9H11O/c1-2-3-8-4-6-9(10)7-5-8/h4-7,10H,1-3H2. The summed E-state index contributed by atoms with van der Waals surface area (Å²) in [6, 6.07) is 7.23. The molecular formula is C9H11O. The molecule has 1 nitrogen and oxygen atoms in total. The highest BCUT2D eigenvalue weighted by atomic mass is 16.3. The Morgan fingerprint density at radius 1 is 1.20 bits per heavy atom. The van der Waals surface area contributed by atoms with E-state index in [4.69, 9.17) is 5.11 Å². The Morgan fingerprint density at radius 2 is 1.80 bits per heavy atom. The molecule has 0 spiro atoms. The van der Waals surface area contributed by atoms with Gasteiger partial charge in [-0.15, -0.1) is 0 Å². The van der Waals surface area contributed by atoms with Crippen LogP contribution >= 0.6 is 0 Å². The van der Waals surface area contributed by atoms with Crippen molar-refractivity contribution in [2.75, 3.05) is 0 Å². The van der Waals surface area contributed by atoms with E-state index in [2.05, 4.69) is 6.92 Å². The summed E-state index contributed by atoms with van der Waals surface area (Å²) >= 11 is 0. The van der Waals surface area contributed by atoms with E-state index >= 15 is 0 Å². The van der Waals surface area contributed by atoms with Crippen molar-refractivity contribution in [1.29, 1.82) is 0 Å². The van der Waals surface area contributed by atoms with E-state index in [1.165, 1.54) is 5.56 Å². The maximum Gasteiger partial charge on any atom is 0.115 e. The number of phenolic OH excluding ortho intramolecular Hbond substituents is 1. The zero-order valence-electron chi connectivity index (χ0n) is 5.88. The van der Waals surface area contributed by atoms with Crippen molar-refractivity contribution in [2.45, 2.75) is 12.8 Å². The van der Waals surface area contributed by atoms with Crippen molar-refractivity contribution in [1.82, 2.24) is 0 Å². The molecule has 0 saturated carbocycles. The predicted octanol–water partition coefficient (Wildman–Crippen LogP) is 2.16. The molecule has 0 aliphatic heterocycles. The van der Waals surface area contributed by atoms with Crippen LogP contribution in [-0.2, 0) is 6.42 Å². The maximum absolute atomic E-state index is 8.91. The highest BCUT2D eigenvalue weighted by Gasteiger charge is 1.89. The molecule has 1 aromatic carbocycles. The first-order valence-corrected chi connectivity index (χ1v) is 3.40. The minimum Gasteiger partial charge on any atom is -0.508 e. The van der Waals surface area contributed by atoms with Crippen LogP contribution in [0.25, 0.3) is 0 Å². The molecule has 0 bridgehead atoms. The predicted molar refractivity (Wildman–Crippen MR) is 41.8 cm³/mol. The number of aryl methyl sites for hydroxylation is 1. The summed E-state index contributed by atoms with van der Waals surface area (Å²) < 4.78 is 0. The average Bonchev–Trinajstić information content (AvgIpc) is 1.95. The van der Waals surface area contributed by atoms with E-state index in [9.17, 15) is 0 Å². The Kier molecular flexibility index (Phi) is 2.32. The summed E-state index contributed by atoms with van der Waals surface area (Å²) in [7, 11) is 0. The molecule has 0 aliphatic rings. The van der Waals surface area contributed by atoms with Crippen LogP contribution in [0.1, 0.15) is 12.0 Å². The molecule has 53 valence electrons. The van der Waals surface area contributed by atoms with Gasteiger partial charge >= 0.3 is 0 Å². The van der Waals surface area contributed by atoms with Gasteiger partial charge in [0.05, 0.1) is 0 Å². The number of aromatic hydroxyl groups is 1. The van der Waals surface area contributed by atoms with Gasteiger partial charge in [0.25, 0.3) is 0 Å². The SMILES string of the molecule is [CH2]CCc1ccc(O)cc1. The first kappa shape index (κ1) is 7.13. The van der Waals surface area contributed by atoms with Crippen molar-refractivity contribution >= 4 is 0 Å². The van der Waals surface area contributed by atoms with E-state index in [1.54, 1.807) is 12.1 Å². The van der Waals surface area contributed by atoms with E-state index < -0.39 is 0 Å². The molecule has 0 aromatic heterocycles. The van der Waals surface area contributed by atoms with Crippen LogP contribution in [0.15, 0.2) is 24.3 Å². The largest absolute Gasteiger partial charge is 0.508 e. The van der Waals surface area contributed by atoms with Gasteiger partial charge < -0.3 is 5.11 Å².